The number of nitrogens with one attached hydrogen (secondary N) is 6. The number of hydrogen-bond acceptors (Lipinski definition) is 14. The van der Waals surface area contributed by atoms with Gasteiger partial charge in [-0.25, -0.2) is 9.97 Å². The lowest BCUT2D eigenvalue weighted by molar-refractivity contribution is -0.137. The van der Waals surface area contributed by atoms with Crippen LogP contribution in [0.2, 0.25) is 0 Å². The molecule has 19 heteroatoms. The van der Waals surface area contributed by atoms with Crippen LogP contribution in [-0.4, -0.2) is 127 Å². The number of amidine groups is 2. The van der Waals surface area contributed by atoms with Gasteiger partial charge in [0.25, 0.3) is 11.8 Å². The molecule has 1 fully saturated rings. The minimum atomic E-state index is -0.718. The summed E-state index contributed by atoms with van der Waals surface area (Å²) in [6.45, 7) is 5.71. The van der Waals surface area contributed by atoms with E-state index in [1.54, 1.807) is 55.7 Å². The van der Waals surface area contributed by atoms with Crippen molar-refractivity contribution >= 4 is 52.6 Å². The molecule has 0 radical (unpaired) electrons. The summed E-state index contributed by atoms with van der Waals surface area (Å²) >= 11 is 0. The number of anilines is 2. The van der Waals surface area contributed by atoms with Gasteiger partial charge >= 0.3 is 0 Å². The molecular formula is C50H62N10O9. The number of carbonyl (C=O) groups is 5. The lowest BCUT2D eigenvalue weighted by atomic mass is 10.0. The average molecular weight is 947 g/mol. The maximum Gasteiger partial charge on any atom is 0.255 e. The average Bonchev–Trinajstić information content (AvgIpc) is 3.70. The van der Waals surface area contributed by atoms with E-state index in [4.69, 9.17) is 29.8 Å². The van der Waals surface area contributed by atoms with Crippen LogP contribution in [0.1, 0.15) is 102 Å². The molecule has 3 aromatic carbocycles. The quantitative estimate of drug-likeness (QED) is 0.0188. The number of nitrogens with zero attached hydrogens (tertiary/aromatic N) is 4. The lowest BCUT2D eigenvalue weighted by Gasteiger charge is -2.29. The number of piperidine rings is 1. The molecule has 1 aromatic heterocycles. The summed E-state index contributed by atoms with van der Waals surface area (Å²) in [6, 6.07) is 20.6. The van der Waals surface area contributed by atoms with Gasteiger partial charge in [-0.3, -0.25) is 40.1 Å². The molecule has 4 aromatic rings. The molecule has 0 saturated carbocycles. The van der Waals surface area contributed by atoms with Gasteiger partial charge in [-0.15, -0.1) is 0 Å². The standard InChI is InChI=1S/C50H62N10O9/c1-34(56-48(63)36-10-7-11-37(30-36)54-31-44(51)59(2)47(52)42-21-22-53-33-55-42)35-15-17-38(18-16-35)69-25-6-4-3-5-23-66-26-28-68-29-27-67-24-9-14-45(61)57-41-13-8-12-39-40(41)32-60(50(39)65)43-19-20-46(62)58-49(43)64/h7-8,10-13,15-18,21-22,30,33-34,43,51-52,54H,3-6,9,14,19-20,23-29,31-32H2,1-2H3,(H,56,63)(H,57,61)(H,58,62,64)/t34-,43?/m1/s1. The Labute approximate surface area is 402 Å². The minimum absolute atomic E-state index is 0.0829. The summed E-state index contributed by atoms with van der Waals surface area (Å²) in [5, 5.41) is 28.1. The molecule has 0 spiro atoms. The highest BCUT2D eigenvalue weighted by Gasteiger charge is 2.40. The summed E-state index contributed by atoms with van der Waals surface area (Å²) in [5.41, 5.74) is 4.16. The predicted octanol–water partition coefficient (Wildman–Crippen LogP) is 5.48. The molecule has 69 heavy (non-hydrogen) atoms. The second kappa shape index (κ2) is 26.5. The van der Waals surface area contributed by atoms with Gasteiger partial charge in [0.1, 0.15) is 29.6 Å². The van der Waals surface area contributed by atoms with Gasteiger partial charge in [0.05, 0.1) is 45.6 Å². The topological polar surface area (TPSA) is 250 Å². The van der Waals surface area contributed by atoms with Gasteiger partial charge in [-0.1, -0.05) is 30.7 Å². The molecule has 2 aliphatic heterocycles. The van der Waals surface area contributed by atoms with E-state index >= 15 is 0 Å². The second-order valence-corrected chi connectivity index (χ2v) is 16.6. The second-order valence-electron chi connectivity index (χ2n) is 16.6. The van der Waals surface area contributed by atoms with E-state index in [-0.39, 0.29) is 73.7 Å². The molecule has 3 heterocycles. The largest absolute Gasteiger partial charge is 0.494 e. The van der Waals surface area contributed by atoms with Crippen molar-refractivity contribution in [2.75, 3.05) is 70.5 Å². The summed E-state index contributed by atoms with van der Waals surface area (Å²) in [5.74, 6) is -0.515. The van der Waals surface area contributed by atoms with E-state index in [2.05, 4.69) is 31.2 Å². The third-order valence-electron chi connectivity index (χ3n) is 11.6. The smallest absolute Gasteiger partial charge is 0.255 e. The fraction of sp³-hybridized carbons (Fsp3) is 0.420. The Morgan fingerprint density at radius 2 is 1.58 bits per heavy atom. The molecule has 6 N–H and O–H groups in total. The number of benzene rings is 3. The van der Waals surface area contributed by atoms with Crippen LogP contribution >= 0.6 is 0 Å². The predicted molar refractivity (Wildman–Crippen MR) is 258 cm³/mol. The van der Waals surface area contributed by atoms with E-state index in [0.29, 0.717) is 86.4 Å². The molecule has 366 valence electrons. The molecule has 0 bridgehead atoms. The molecule has 1 unspecified atom stereocenters. The highest BCUT2D eigenvalue weighted by molar-refractivity contribution is 6.07. The molecule has 6 rings (SSSR count). The molecule has 19 nitrogen and oxygen atoms in total. The van der Waals surface area contributed by atoms with Crippen LogP contribution in [0.25, 0.3) is 0 Å². The summed E-state index contributed by atoms with van der Waals surface area (Å²) in [7, 11) is 1.63. The zero-order valence-corrected chi connectivity index (χ0v) is 39.2. The molecule has 2 aliphatic rings. The zero-order valence-electron chi connectivity index (χ0n) is 39.2. The third-order valence-corrected chi connectivity index (χ3v) is 11.6. The van der Waals surface area contributed by atoms with Gasteiger partial charge in [-0.2, -0.15) is 0 Å². The number of rotatable bonds is 27. The third kappa shape index (κ3) is 15.5. The number of unbranched alkanes of at least 4 members (excludes halogenated alkanes) is 3. The Kier molecular flexibility index (Phi) is 19.7. The molecule has 5 amide bonds. The maximum absolute atomic E-state index is 13.1. The molecule has 1 saturated heterocycles. The van der Waals surface area contributed by atoms with E-state index in [1.165, 1.54) is 16.1 Å². The van der Waals surface area contributed by atoms with Crippen molar-refractivity contribution < 1.29 is 42.9 Å². The summed E-state index contributed by atoms with van der Waals surface area (Å²) < 4.78 is 22.9. The number of likely N-dealkylation sites (N-methyl/N-ethyl adjacent to an activating group) is 1. The van der Waals surface area contributed by atoms with Crippen LogP contribution in [0, 0.1) is 10.8 Å². The summed E-state index contributed by atoms with van der Waals surface area (Å²) in [4.78, 5) is 73.6. The monoisotopic (exact) mass is 946 g/mol. The SMILES string of the molecule is C[C@@H](NC(=O)c1cccc(NCC(=N)N(C)C(=N)c2ccncn2)c1)c1ccc(OCCCCCCOCCOCCOCCCC(=O)Nc2cccc3c2CN(C2CCC(=O)NC2=O)C3=O)cc1. The lowest BCUT2D eigenvalue weighted by Crippen LogP contribution is -2.52. The van der Waals surface area contributed by atoms with Gasteiger partial charge in [0.15, 0.2) is 5.84 Å². The number of hydrogen-bond donors (Lipinski definition) is 6. The maximum atomic E-state index is 13.1. The van der Waals surface area contributed by atoms with Gasteiger partial charge < -0.3 is 44.7 Å². The van der Waals surface area contributed by atoms with E-state index < -0.39 is 11.9 Å². The van der Waals surface area contributed by atoms with E-state index in [9.17, 15) is 24.0 Å². The van der Waals surface area contributed by atoms with Crippen LogP contribution < -0.4 is 26.0 Å². The number of imide groups is 1. The van der Waals surface area contributed by atoms with Crippen molar-refractivity contribution in [3.63, 3.8) is 0 Å². The molecule has 2 atom stereocenters. The van der Waals surface area contributed by atoms with Crippen LogP contribution in [0.3, 0.4) is 0 Å². The highest BCUT2D eigenvalue weighted by atomic mass is 16.5. The first-order chi connectivity index (χ1) is 33.5. The number of amides is 5. The van der Waals surface area contributed by atoms with Crippen LogP contribution in [-0.2, 0) is 35.1 Å². The van der Waals surface area contributed by atoms with Crippen molar-refractivity contribution in [2.45, 2.75) is 76.9 Å². The van der Waals surface area contributed by atoms with E-state index in [1.807, 2.05) is 37.3 Å². The zero-order chi connectivity index (χ0) is 49.0. The van der Waals surface area contributed by atoms with E-state index in [0.717, 1.165) is 37.0 Å². The normalized spacial score (nSPS) is 14.7. The Balaban J connectivity index is 0.733. The number of carbonyl (C=O) groups excluding carboxylic acids is 5. The van der Waals surface area contributed by atoms with Crippen molar-refractivity contribution in [3.05, 3.63) is 113 Å². The van der Waals surface area contributed by atoms with Gasteiger partial charge in [-0.05, 0) is 93.1 Å². The minimum Gasteiger partial charge on any atom is -0.494 e. The fourth-order valence-corrected chi connectivity index (χ4v) is 7.67. The van der Waals surface area contributed by atoms with Crippen LogP contribution in [0.15, 0.2) is 85.3 Å². The first-order valence-corrected chi connectivity index (χ1v) is 23.3. The van der Waals surface area contributed by atoms with Crippen molar-refractivity contribution in [1.82, 2.24) is 30.4 Å². The Bertz CT molecular complexity index is 2400. The number of ether oxygens (including phenoxy) is 4. The first-order valence-electron chi connectivity index (χ1n) is 23.3. The number of fused-ring (bicyclic) bond motifs is 1. The van der Waals surface area contributed by atoms with Crippen LogP contribution in [0.4, 0.5) is 11.4 Å². The number of aromatic nitrogens is 2. The summed E-state index contributed by atoms with van der Waals surface area (Å²) in [6.07, 6.45) is 8.03. The van der Waals surface area contributed by atoms with Gasteiger partial charge in [0.2, 0.25) is 17.7 Å². The molecular weight excluding hydrogens is 885 g/mol. The fourth-order valence-electron chi connectivity index (χ4n) is 7.67. The van der Waals surface area contributed by atoms with Gasteiger partial charge in [0, 0.05) is 73.9 Å². The Morgan fingerprint density at radius 1 is 0.870 bits per heavy atom. The Morgan fingerprint density at radius 3 is 2.30 bits per heavy atom. The van der Waals surface area contributed by atoms with Crippen molar-refractivity contribution in [1.29, 1.82) is 10.8 Å². The molecule has 0 aliphatic carbocycles. The van der Waals surface area contributed by atoms with Crippen molar-refractivity contribution in [3.8, 4) is 5.75 Å². The Hall–Kier alpha value is -7.09. The highest BCUT2D eigenvalue weighted by Crippen LogP contribution is 2.32. The van der Waals surface area contributed by atoms with Crippen molar-refractivity contribution in [2.24, 2.45) is 0 Å². The first kappa shape index (κ1) is 51.3. The van der Waals surface area contributed by atoms with Crippen LogP contribution in [0.5, 0.6) is 5.75 Å².